The summed E-state index contributed by atoms with van der Waals surface area (Å²) in [5, 5.41) is 13.8. The van der Waals surface area contributed by atoms with E-state index in [1.165, 1.54) is 23.1 Å². The zero-order chi connectivity index (χ0) is 29.1. The van der Waals surface area contributed by atoms with Crippen molar-refractivity contribution in [2.75, 3.05) is 17.2 Å². The highest BCUT2D eigenvalue weighted by atomic mass is 35.5. The molecule has 0 bridgehead atoms. The predicted octanol–water partition coefficient (Wildman–Crippen LogP) is 8.38. The first-order chi connectivity index (χ1) is 19.0. The van der Waals surface area contributed by atoms with E-state index in [0.717, 1.165) is 20.9 Å². The topological polar surface area (TPSA) is 118 Å². The van der Waals surface area contributed by atoms with Crippen molar-refractivity contribution in [2.24, 2.45) is 0 Å². The van der Waals surface area contributed by atoms with Crippen molar-refractivity contribution in [3.63, 3.8) is 0 Å². The molecule has 1 aromatic heterocycles. The Morgan fingerprint density at radius 2 is 1.62 bits per heavy atom. The van der Waals surface area contributed by atoms with Gasteiger partial charge in [0.05, 0.1) is 53.3 Å². The maximum Gasteiger partial charge on any atom is 0.338 e. The SMILES string of the molecule is CCOc1ccc2nc(NC(=O)C(C)Sc3ccc(NC(=O)c4c(Cl)c(Cl)c(Cl)c(Cl)c4C(=O)O)cc3)sc2c1. The highest BCUT2D eigenvalue weighted by Crippen LogP contribution is 2.42. The zero-order valence-electron chi connectivity index (χ0n) is 20.7. The molecule has 8 nitrogen and oxygen atoms in total. The average molecular weight is 659 g/mol. The third-order valence-electron chi connectivity index (χ3n) is 5.40. The lowest BCUT2D eigenvalue weighted by molar-refractivity contribution is -0.115. The summed E-state index contributed by atoms with van der Waals surface area (Å²) in [7, 11) is 0. The quantitative estimate of drug-likeness (QED) is 0.0939. The number of nitrogens with one attached hydrogen (secondary N) is 2. The molecule has 0 saturated heterocycles. The van der Waals surface area contributed by atoms with Gasteiger partial charge in [-0.2, -0.15) is 0 Å². The van der Waals surface area contributed by atoms with E-state index in [9.17, 15) is 19.5 Å². The van der Waals surface area contributed by atoms with E-state index in [0.29, 0.717) is 17.4 Å². The van der Waals surface area contributed by atoms with Crippen LogP contribution in [0.1, 0.15) is 34.6 Å². The number of ether oxygens (including phenoxy) is 1. The Labute approximate surface area is 256 Å². The molecule has 4 rings (SSSR count). The maximum absolute atomic E-state index is 12.9. The number of halogens is 4. The van der Waals surface area contributed by atoms with Gasteiger partial charge in [0.1, 0.15) is 5.75 Å². The van der Waals surface area contributed by atoms with Crippen LogP contribution in [0.3, 0.4) is 0 Å². The van der Waals surface area contributed by atoms with E-state index in [1.807, 2.05) is 25.1 Å². The van der Waals surface area contributed by atoms with Gasteiger partial charge in [-0.3, -0.25) is 9.59 Å². The van der Waals surface area contributed by atoms with Gasteiger partial charge in [0.15, 0.2) is 5.13 Å². The van der Waals surface area contributed by atoms with E-state index in [1.54, 1.807) is 31.2 Å². The van der Waals surface area contributed by atoms with Crippen LogP contribution in [0.4, 0.5) is 10.8 Å². The van der Waals surface area contributed by atoms with E-state index >= 15 is 0 Å². The summed E-state index contributed by atoms with van der Waals surface area (Å²) in [6.45, 7) is 4.23. The zero-order valence-corrected chi connectivity index (χ0v) is 25.3. The fourth-order valence-corrected chi connectivity index (χ4v) is 6.32. The van der Waals surface area contributed by atoms with Crippen molar-refractivity contribution in [1.82, 2.24) is 4.98 Å². The van der Waals surface area contributed by atoms with E-state index in [4.69, 9.17) is 51.1 Å². The maximum atomic E-state index is 12.9. The fourth-order valence-electron chi connectivity index (χ4n) is 3.54. The number of thioether (sulfide) groups is 1. The van der Waals surface area contributed by atoms with Crippen LogP contribution in [0.15, 0.2) is 47.4 Å². The summed E-state index contributed by atoms with van der Waals surface area (Å²) in [5.74, 6) is -1.80. The van der Waals surface area contributed by atoms with Gasteiger partial charge in [-0.15, -0.1) is 11.8 Å². The number of carboxylic acids is 1. The Hall–Kier alpha value is -2.73. The van der Waals surface area contributed by atoms with Gasteiger partial charge in [-0.25, -0.2) is 9.78 Å². The summed E-state index contributed by atoms with van der Waals surface area (Å²) in [6, 6.07) is 12.2. The summed E-state index contributed by atoms with van der Waals surface area (Å²) < 4.78 is 6.42. The number of fused-ring (bicyclic) bond motifs is 1. The molecule has 1 atom stereocenters. The highest BCUT2D eigenvalue weighted by Gasteiger charge is 2.29. The van der Waals surface area contributed by atoms with Crippen molar-refractivity contribution < 1.29 is 24.2 Å². The van der Waals surface area contributed by atoms with E-state index < -0.39 is 33.3 Å². The lowest BCUT2D eigenvalue weighted by Gasteiger charge is -2.14. The number of benzene rings is 3. The van der Waals surface area contributed by atoms with Gasteiger partial charge in [-0.05, 0) is 56.3 Å². The average Bonchev–Trinajstić information content (AvgIpc) is 3.31. The minimum atomic E-state index is -1.49. The molecule has 0 aliphatic heterocycles. The van der Waals surface area contributed by atoms with E-state index in [2.05, 4.69) is 15.6 Å². The van der Waals surface area contributed by atoms with Gasteiger partial charge in [0.2, 0.25) is 5.91 Å². The number of hydrogen-bond acceptors (Lipinski definition) is 7. The second-order valence-electron chi connectivity index (χ2n) is 8.12. The molecule has 1 unspecified atom stereocenters. The first-order valence-corrected chi connectivity index (χ1v) is 14.7. The summed E-state index contributed by atoms with van der Waals surface area (Å²) in [5.41, 5.74) is 0.137. The predicted molar refractivity (Wildman–Crippen MR) is 163 cm³/mol. The van der Waals surface area contributed by atoms with E-state index in [-0.39, 0.29) is 21.0 Å². The lowest BCUT2D eigenvalue weighted by Crippen LogP contribution is -2.22. The molecule has 0 spiro atoms. The summed E-state index contributed by atoms with van der Waals surface area (Å²) >= 11 is 26.8. The number of rotatable bonds is 9. The Morgan fingerprint density at radius 1 is 0.975 bits per heavy atom. The van der Waals surface area contributed by atoms with Crippen molar-refractivity contribution in [3.05, 3.63) is 73.7 Å². The minimum absolute atomic E-state index is 0.223. The first-order valence-electron chi connectivity index (χ1n) is 11.5. The number of aromatic carboxylic acids is 1. The second-order valence-corrected chi connectivity index (χ2v) is 12.1. The van der Waals surface area contributed by atoms with Gasteiger partial charge in [0, 0.05) is 10.6 Å². The number of thiazole rings is 1. The first kappa shape index (κ1) is 30.2. The molecule has 14 heteroatoms. The highest BCUT2D eigenvalue weighted by molar-refractivity contribution is 8.00. The molecule has 0 radical (unpaired) electrons. The van der Waals surface area contributed by atoms with Crippen LogP contribution in [0.25, 0.3) is 10.2 Å². The third-order valence-corrected chi connectivity index (χ3v) is 9.25. The molecule has 0 saturated carbocycles. The van der Waals surface area contributed by atoms with Gasteiger partial charge in [-0.1, -0.05) is 57.7 Å². The fraction of sp³-hybridized carbons (Fsp3) is 0.154. The normalized spacial score (nSPS) is 11.8. The molecule has 40 heavy (non-hydrogen) atoms. The van der Waals surface area contributed by atoms with Crippen LogP contribution in [-0.2, 0) is 4.79 Å². The molecule has 2 amide bonds. The van der Waals surface area contributed by atoms with Crippen LogP contribution in [0.2, 0.25) is 20.1 Å². The van der Waals surface area contributed by atoms with Crippen LogP contribution < -0.4 is 15.4 Å². The van der Waals surface area contributed by atoms with Gasteiger partial charge in [0.25, 0.3) is 5.91 Å². The molecule has 1 heterocycles. The Bertz CT molecular complexity index is 1630. The molecule has 0 aliphatic rings. The molecule has 0 aliphatic carbocycles. The monoisotopic (exact) mass is 657 g/mol. The standard InChI is InChI=1S/C26H19Cl4N3O5S2/c1-3-38-13-6-9-15-16(10-13)40-26(32-15)33-23(34)11(2)39-14-7-4-12(5-8-14)31-24(35)17-18(25(36)37)20(28)22(30)21(29)19(17)27/h4-11H,3H2,1-2H3,(H,31,35)(H,36,37)(H,32,33,34). The molecular formula is C26H19Cl4N3O5S2. The number of carboxylic acid groups (broad SMARTS) is 1. The molecule has 4 aromatic rings. The van der Waals surface area contributed by atoms with Gasteiger partial charge >= 0.3 is 5.97 Å². The molecular weight excluding hydrogens is 640 g/mol. The number of carbonyl (C=O) groups is 3. The number of hydrogen-bond donors (Lipinski definition) is 3. The van der Waals surface area contributed by atoms with Crippen molar-refractivity contribution in [2.45, 2.75) is 24.0 Å². The minimum Gasteiger partial charge on any atom is -0.494 e. The Kier molecular flexibility index (Phi) is 9.71. The summed E-state index contributed by atoms with van der Waals surface area (Å²) in [4.78, 5) is 42.7. The number of carbonyl (C=O) groups excluding carboxylic acids is 2. The largest absolute Gasteiger partial charge is 0.494 e. The Morgan fingerprint density at radius 3 is 2.25 bits per heavy atom. The second kappa shape index (κ2) is 12.8. The third kappa shape index (κ3) is 6.59. The smallest absolute Gasteiger partial charge is 0.338 e. The van der Waals surface area contributed by atoms with Crippen LogP contribution in [0, 0.1) is 0 Å². The summed E-state index contributed by atoms with van der Waals surface area (Å²) in [6.07, 6.45) is 0. The molecule has 3 aromatic carbocycles. The van der Waals surface area contributed by atoms with Crippen molar-refractivity contribution >= 4 is 108 Å². The molecule has 0 fully saturated rings. The Balaban J connectivity index is 1.42. The number of aromatic nitrogens is 1. The van der Waals surface area contributed by atoms with Crippen molar-refractivity contribution in [1.29, 1.82) is 0 Å². The molecule has 3 N–H and O–H groups in total. The van der Waals surface area contributed by atoms with Crippen LogP contribution in [-0.4, -0.2) is 39.7 Å². The number of amides is 2. The number of nitrogens with zero attached hydrogens (tertiary/aromatic N) is 1. The molecule has 208 valence electrons. The van der Waals surface area contributed by atoms with Crippen molar-refractivity contribution in [3.8, 4) is 5.75 Å². The van der Waals surface area contributed by atoms with Crippen LogP contribution in [0.5, 0.6) is 5.75 Å². The lowest BCUT2D eigenvalue weighted by atomic mass is 10.1. The van der Waals surface area contributed by atoms with Crippen LogP contribution >= 0.6 is 69.5 Å². The van der Waals surface area contributed by atoms with Gasteiger partial charge < -0.3 is 20.5 Å². The number of anilines is 2.